The van der Waals surface area contributed by atoms with E-state index in [1.807, 2.05) is 49.9 Å². The topological polar surface area (TPSA) is 175 Å². The van der Waals surface area contributed by atoms with E-state index in [9.17, 15) is 19.2 Å². The van der Waals surface area contributed by atoms with Crippen LogP contribution in [0.1, 0.15) is 127 Å². The number of nitrogens with one attached hydrogen (secondary N) is 4. The van der Waals surface area contributed by atoms with Crippen molar-refractivity contribution in [1.29, 1.82) is 0 Å². The van der Waals surface area contributed by atoms with Crippen LogP contribution in [0.5, 0.6) is 0 Å². The molecule has 0 spiro atoms. The predicted octanol–water partition coefficient (Wildman–Crippen LogP) is 8.47. The van der Waals surface area contributed by atoms with Crippen LogP contribution in [0.15, 0.2) is 48.8 Å². The lowest BCUT2D eigenvalue weighted by Gasteiger charge is -2.41. The number of rotatable bonds is 11. The summed E-state index contributed by atoms with van der Waals surface area (Å²) in [6, 6.07) is 11.4. The molecular formula is C48H62N8O6. The fourth-order valence-corrected chi connectivity index (χ4v) is 10.7. The van der Waals surface area contributed by atoms with Gasteiger partial charge in [-0.3, -0.25) is 9.59 Å². The van der Waals surface area contributed by atoms with Gasteiger partial charge in [0.1, 0.15) is 23.7 Å². The maximum atomic E-state index is 14.0. The molecule has 5 aliphatic rings. The van der Waals surface area contributed by atoms with Crippen LogP contribution in [0.3, 0.4) is 0 Å². The Morgan fingerprint density at radius 3 is 1.52 bits per heavy atom. The van der Waals surface area contributed by atoms with Gasteiger partial charge in [0.25, 0.3) is 0 Å². The number of ether oxygens (including phenoxy) is 2. The molecule has 4 aromatic rings. The van der Waals surface area contributed by atoms with Gasteiger partial charge in [-0.05, 0) is 102 Å². The highest BCUT2D eigenvalue weighted by molar-refractivity contribution is 5.87. The highest BCUT2D eigenvalue weighted by Crippen LogP contribution is 2.55. The van der Waals surface area contributed by atoms with Gasteiger partial charge in [-0.1, -0.05) is 77.9 Å². The third-order valence-corrected chi connectivity index (χ3v) is 13.8. The second-order valence-corrected chi connectivity index (χ2v) is 18.9. The maximum Gasteiger partial charge on any atom is 0.407 e. The van der Waals surface area contributed by atoms with Gasteiger partial charge in [0.2, 0.25) is 11.8 Å². The lowest BCUT2D eigenvalue weighted by atomic mass is 9.64. The summed E-state index contributed by atoms with van der Waals surface area (Å²) in [6.07, 6.45) is 8.81. The summed E-state index contributed by atoms with van der Waals surface area (Å²) in [5.74, 6) is 2.55. The third-order valence-electron chi connectivity index (χ3n) is 13.8. The van der Waals surface area contributed by atoms with Gasteiger partial charge in [0.15, 0.2) is 0 Å². The van der Waals surface area contributed by atoms with E-state index in [1.165, 1.54) is 67.7 Å². The van der Waals surface area contributed by atoms with Crippen molar-refractivity contribution in [3.8, 4) is 33.6 Å². The number of aromatic nitrogens is 4. The number of amides is 4. The van der Waals surface area contributed by atoms with Crippen LogP contribution < -0.4 is 10.6 Å². The summed E-state index contributed by atoms with van der Waals surface area (Å²) >= 11 is 0. The Morgan fingerprint density at radius 1 is 0.629 bits per heavy atom. The molecule has 62 heavy (non-hydrogen) atoms. The molecule has 4 heterocycles. The summed E-state index contributed by atoms with van der Waals surface area (Å²) in [4.78, 5) is 72.7. The Morgan fingerprint density at radius 2 is 1.05 bits per heavy atom. The quantitative estimate of drug-likeness (QED) is 0.116. The van der Waals surface area contributed by atoms with Gasteiger partial charge in [-0.2, -0.15) is 0 Å². The lowest BCUT2D eigenvalue weighted by molar-refractivity contribution is -0.136. The molecule has 2 aliphatic heterocycles. The molecule has 330 valence electrons. The molecule has 2 bridgehead atoms. The van der Waals surface area contributed by atoms with Crippen molar-refractivity contribution in [1.82, 2.24) is 40.4 Å². The zero-order valence-electron chi connectivity index (χ0n) is 37.3. The third kappa shape index (κ3) is 8.20. The molecule has 0 radical (unpaired) electrons. The number of carbonyl (C=O) groups excluding carboxylic acids is 4. The summed E-state index contributed by atoms with van der Waals surface area (Å²) < 4.78 is 9.65. The van der Waals surface area contributed by atoms with E-state index < -0.39 is 24.3 Å². The molecule has 3 aliphatic carbocycles. The molecule has 14 heteroatoms. The SMILES string of the molecule is COC(=O)N[C@H](C(=O)N1C[C@@H](C)C[C@H]1c1ncc(-c2ccc(-c3ccc(-c4cnc([C@@H]5C[C@H](C)CN5C(=O)[C@@H](NC(=O)OC)C(C)C)[nH]4)c4c3C3CCC4CC3)cc2)[nH]1)C(C)C. The first-order valence-electron chi connectivity index (χ1n) is 22.4. The molecule has 4 N–H and O–H groups in total. The van der Waals surface area contributed by atoms with Gasteiger partial charge in [0, 0.05) is 18.7 Å². The highest BCUT2D eigenvalue weighted by Gasteiger charge is 2.42. The number of benzene rings is 2. The molecule has 2 saturated heterocycles. The van der Waals surface area contributed by atoms with Crippen molar-refractivity contribution < 1.29 is 28.7 Å². The van der Waals surface area contributed by atoms with E-state index >= 15 is 0 Å². The zero-order valence-corrected chi connectivity index (χ0v) is 37.3. The number of methoxy groups -OCH3 is 2. The van der Waals surface area contributed by atoms with E-state index in [1.54, 1.807) is 0 Å². The number of aromatic amines is 2. The van der Waals surface area contributed by atoms with Crippen LogP contribution in [0, 0.1) is 23.7 Å². The second-order valence-electron chi connectivity index (χ2n) is 18.9. The Hall–Kier alpha value is -5.66. The first kappa shape index (κ1) is 43.0. The summed E-state index contributed by atoms with van der Waals surface area (Å²) in [7, 11) is 2.61. The number of imidazole rings is 2. The molecule has 2 aromatic carbocycles. The molecule has 2 aromatic heterocycles. The Labute approximate surface area is 364 Å². The molecule has 0 unspecified atom stereocenters. The van der Waals surface area contributed by atoms with Gasteiger partial charge >= 0.3 is 12.2 Å². The summed E-state index contributed by atoms with van der Waals surface area (Å²) in [6.45, 7) is 13.2. The summed E-state index contributed by atoms with van der Waals surface area (Å²) in [5, 5.41) is 5.49. The van der Waals surface area contributed by atoms with Crippen LogP contribution in [0.2, 0.25) is 0 Å². The Balaban J connectivity index is 1.04. The zero-order chi connectivity index (χ0) is 44.0. The van der Waals surface area contributed by atoms with Crippen molar-refractivity contribution in [2.45, 2.75) is 116 Å². The smallest absolute Gasteiger partial charge is 0.407 e. The van der Waals surface area contributed by atoms with Crippen LogP contribution in [0.4, 0.5) is 9.59 Å². The highest BCUT2D eigenvalue weighted by atomic mass is 16.5. The lowest BCUT2D eigenvalue weighted by Crippen LogP contribution is -2.51. The predicted molar refractivity (Wildman–Crippen MR) is 236 cm³/mol. The molecule has 4 amide bonds. The van der Waals surface area contributed by atoms with Gasteiger partial charge < -0.3 is 39.9 Å². The van der Waals surface area contributed by atoms with E-state index in [-0.39, 0.29) is 47.6 Å². The van der Waals surface area contributed by atoms with Gasteiger partial charge in [-0.25, -0.2) is 19.6 Å². The number of fused-ring (bicyclic) bond motifs is 2. The minimum absolute atomic E-state index is 0.112. The number of hydrogen-bond acceptors (Lipinski definition) is 8. The van der Waals surface area contributed by atoms with E-state index in [0.717, 1.165) is 41.4 Å². The van der Waals surface area contributed by atoms with Crippen molar-refractivity contribution in [3.05, 3.63) is 71.6 Å². The van der Waals surface area contributed by atoms with Crippen LogP contribution in [0.25, 0.3) is 33.6 Å². The first-order chi connectivity index (χ1) is 29.8. The van der Waals surface area contributed by atoms with Gasteiger partial charge in [0.05, 0.1) is 50.1 Å². The Kier molecular flexibility index (Phi) is 12.2. The minimum atomic E-state index is -0.699. The summed E-state index contributed by atoms with van der Waals surface area (Å²) in [5.41, 5.74) is 9.35. The van der Waals surface area contributed by atoms with Gasteiger partial charge in [-0.15, -0.1) is 0 Å². The largest absolute Gasteiger partial charge is 0.453 e. The molecule has 14 nitrogen and oxygen atoms in total. The Bertz CT molecular complexity index is 2290. The van der Waals surface area contributed by atoms with Crippen molar-refractivity contribution >= 4 is 24.0 Å². The van der Waals surface area contributed by atoms with Crippen molar-refractivity contribution in [2.75, 3.05) is 27.3 Å². The molecule has 3 fully saturated rings. The molecule has 6 atom stereocenters. The van der Waals surface area contributed by atoms with Crippen molar-refractivity contribution in [2.24, 2.45) is 23.7 Å². The molecule has 9 rings (SSSR count). The van der Waals surface area contributed by atoms with Crippen LogP contribution in [-0.4, -0.2) is 93.1 Å². The molecular weight excluding hydrogens is 785 g/mol. The number of likely N-dealkylation sites (tertiary alicyclic amines) is 2. The fourth-order valence-electron chi connectivity index (χ4n) is 10.7. The fraction of sp³-hybridized carbons (Fsp3) is 0.542. The number of H-pyrrole nitrogens is 2. The monoisotopic (exact) mass is 846 g/mol. The first-order valence-corrected chi connectivity index (χ1v) is 22.4. The minimum Gasteiger partial charge on any atom is -0.453 e. The number of hydrogen-bond donors (Lipinski definition) is 4. The maximum absolute atomic E-state index is 14.0. The van der Waals surface area contributed by atoms with Crippen LogP contribution in [-0.2, 0) is 19.1 Å². The normalized spacial score (nSPS) is 24.0. The number of carbonyl (C=O) groups is 4. The second kappa shape index (κ2) is 17.6. The van der Waals surface area contributed by atoms with E-state index in [2.05, 4.69) is 70.8 Å². The number of nitrogens with zero attached hydrogens (tertiary/aromatic N) is 4. The molecule has 1 saturated carbocycles. The van der Waals surface area contributed by atoms with E-state index in [0.29, 0.717) is 24.9 Å². The average molecular weight is 847 g/mol. The van der Waals surface area contributed by atoms with Crippen LogP contribution >= 0.6 is 0 Å². The standard InChI is InChI=1S/C48H62N8O6/c1-25(2)41(53-47(59)61-7)45(57)55-23-27(5)19-37(55)43-49-21-35(51-43)30-11-9-29(10-12-30)33-17-18-34(40-32-15-13-31(14-16-32)39(33)40)36-22-50-44(52-36)38-20-28(6)24-56(38)46(58)42(26(3)4)54-48(60)62-8/h9-12,17-18,21-22,25-28,31-32,37-38,41-42H,13-16,19-20,23-24H2,1-8H3,(H,49,51)(H,50,52)(H,53,59)(H,54,60)/t27-,28-,31?,32?,37-,38-,41-,42-/m0/s1. The van der Waals surface area contributed by atoms with E-state index in [4.69, 9.17) is 19.4 Å². The number of alkyl carbamates (subject to hydrolysis) is 2. The average Bonchev–Trinajstić information content (AvgIpc) is 4.11. The van der Waals surface area contributed by atoms with Crippen molar-refractivity contribution in [3.63, 3.8) is 0 Å².